The first-order chi connectivity index (χ1) is 9.54. The minimum atomic E-state index is -1.13. The van der Waals surface area contributed by atoms with Gasteiger partial charge in [-0.15, -0.1) is 0 Å². The topological polar surface area (TPSA) is 66.6 Å². The summed E-state index contributed by atoms with van der Waals surface area (Å²) in [6, 6.07) is 5.23. The molecule has 5 heteroatoms. The van der Waals surface area contributed by atoms with Crippen molar-refractivity contribution in [1.29, 1.82) is 0 Å². The van der Waals surface area contributed by atoms with Crippen LogP contribution < -0.4 is 4.90 Å². The quantitative estimate of drug-likeness (QED) is 0.666. The van der Waals surface area contributed by atoms with Crippen LogP contribution in [0.4, 0.5) is 11.4 Å². The van der Waals surface area contributed by atoms with E-state index in [-0.39, 0.29) is 16.0 Å². The SMILES string of the molecule is CC1=CCC(C)(O)N1c1ccc(C(C)(C)C)cc1[N+](=O)[O-]. The third-order valence-electron chi connectivity index (χ3n) is 3.90. The summed E-state index contributed by atoms with van der Waals surface area (Å²) >= 11 is 0. The Labute approximate surface area is 125 Å². The van der Waals surface area contributed by atoms with Crippen LogP contribution in [0.15, 0.2) is 30.0 Å². The summed E-state index contributed by atoms with van der Waals surface area (Å²) in [5.74, 6) is 0. The Hall–Kier alpha value is -1.88. The molecule has 0 spiro atoms. The Bertz CT molecular complexity index is 612. The van der Waals surface area contributed by atoms with Crippen LogP contribution in [0.2, 0.25) is 0 Å². The van der Waals surface area contributed by atoms with E-state index in [4.69, 9.17) is 0 Å². The van der Waals surface area contributed by atoms with E-state index in [1.54, 1.807) is 24.0 Å². The average Bonchev–Trinajstić information content (AvgIpc) is 2.61. The Morgan fingerprint density at radius 1 is 1.38 bits per heavy atom. The fourth-order valence-electron chi connectivity index (χ4n) is 2.68. The molecule has 0 aromatic heterocycles. The van der Waals surface area contributed by atoms with Gasteiger partial charge < -0.3 is 10.0 Å². The molecule has 0 fully saturated rings. The van der Waals surface area contributed by atoms with E-state index in [2.05, 4.69) is 0 Å². The van der Waals surface area contributed by atoms with Gasteiger partial charge in [-0.25, -0.2) is 0 Å². The molecule has 114 valence electrons. The van der Waals surface area contributed by atoms with Crippen LogP contribution in [0.25, 0.3) is 0 Å². The van der Waals surface area contributed by atoms with Crippen molar-refractivity contribution in [3.8, 4) is 0 Å². The summed E-state index contributed by atoms with van der Waals surface area (Å²) in [5, 5.41) is 21.9. The molecule has 21 heavy (non-hydrogen) atoms. The molecule has 0 saturated carbocycles. The van der Waals surface area contributed by atoms with Gasteiger partial charge in [-0.2, -0.15) is 0 Å². The Morgan fingerprint density at radius 3 is 2.43 bits per heavy atom. The number of hydrogen-bond donors (Lipinski definition) is 1. The van der Waals surface area contributed by atoms with Crippen molar-refractivity contribution in [3.63, 3.8) is 0 Å². The van der Waals surface area contributed by atoms with Gasteiger partial charge in [-0.1, -0.05) is 32.9 Å². The number of nitro benzene ring substituents is 1. The maximum atomic E-state index is 11.5. The lowest BCUT2D eigenvalue weighted by Crippen LogP contribution is -2.41. The van der Waals surface area contributed by atoms with Crippen molar-refractivity contribution < 1.29 is 10.0 Å². The van der Waals surface area contributed by atoms with Gasteiger partial charge in [0.2, 0.25) is 0 Å². The van der Waals surface area contributed by atoms with Gasteiger partial charge in [0.1, 0.15) is 11.4 Å². The third kappa shape index (κ3) is 2.78. The van der Waals surface area contributed by atoms with E-state index in [1.807, 2.05) is 39.8 Å². The van der Waals surface area contributed by atoms with Crippen LogP contribution in [-0.2, 0) is 5.41 Å². The Morgan fingerprint density at radius 2 is 2.00 bits per heavy atom. The molecular formula is C16H22N2O3. The van der Waals surface area contributed by atoms with Crippen molar-refractivity contribution in [2.24, 2.45) is 0 Å². The molecule has 1 aromatic rings. The van der Waals surface area contributed by atoms with Crippen molar-refractivity contribution in [3.05, 3.63) is 45.6 Å². The molecule has 1 aliphatic rings. The molecule has 1 atom stereocenters. The summed E-state index contributed by atoms with van der Waals surface area (Å²) in [4.78, 5) is 12.7. The number of rotatable bonds is 2. The van der Waals surface area contributed by atoms with E-state index in [9.17, 15) is 15.2 Å². The highest BCUT2D eigenvalue weighted by molar-refractivity contribution is 5.69. The molecule has 0 radical (unpaired) electrons. The maximum Gasteiger partial charge on any atom is 0.293 e. The molecular weight excluding hydrogens is 268 g/mol. The normalized spacial score (nSPS) is 22.4. The molecule has 1 aromatic carbocycles. The van der Waals surface area contributed by atoms with Crippen LogP contribution in [-0.4, -0.2) is 15.8 Å². The zero-order valence-electron chi connectivity index (χ0n) is 13.2. The lowest BCUT2D eigenvalue weighted by atomic mass is 9.86. The van der Waals surface area contributed by atoms with Gasteiger partial charge in [0.15, 0.2) is 0 Å². The molecule has 0 bridgehead atoms. The Balaban J connectivity index is 2.60. The molecule has 2 rings (SSSR count). The summed E-state index contributed by atoms with van der Waals surface area (Å²) in [6.45, 7) is 9.57. The monoisotopic (exact) mass is 290 g/mol. The largest absolute Gasteiger partial charge is 0.370 e. The highest BCUT2D eigenvalue weighted by atomic mass is 16.6. The molecule has 0 saturated heterocycles. The van der Waals surface area contributed by atoms with Crippen LogP contribution in [0.1, 0.15) is 46.6 Å². The van der Waals surface area contributed by atoms with Crippen LogP contribution in [0.3, 0.4) is 0 Å². The zero-order valence-corrected chi connectivity index (χ0v) is 13.2. The fourth-order valence-corrected chi connectivity index (χ4v) is 2.68. The van der Waals surface area contributed by atoms with Crippen molar-refractivity contribution in [2.75, 3.05) is 4.90 Å². The van der Waals surface area contributed by atoms with E-state index in [1.165, 1.54) is 0 Å². The minimum absolute atomic E-state index is 0.0253. The van der Waals surface area contributed by atoms with Gasteiger partial charge in [-0.3, -0.25) is 10.1 Å². The number of anilines is 1. The minimum Gasteiger partial charge on any atom is -0.370 e. The van der Waals surface area contributed by atoms with Gasteiger partial charge >= 0.3 is 0 Å². The molecule has 1 aliphatic heterocycles. The second-order valence-corrected chi connectivity index (χ2v) is 6.81. The second-order valence-electron chi connectivity index (χ2n) is 6.81. The van der Waals surface area contributed by atoms with Crippen molar-refractivity contribution >= 4 is 11.4 Å². The third-order valence-corrected chi connectivity index (χ3v) is 3.90. The van der Waals surface area contributed by atoms with Crippen LogP contribution >= 0.6 is 0 Å². The predicted octanol–water partition coefficient (Wildman–Crippen LogP) is 3.71. The summed E-state index contributed by atoms with van der Waals surface area (Å²) in [7, 11) is 0. The summed E-state index contributed by atoms with van der Waals surface area (Å²) < 4.78 is 0. The lowest BCUT2D eigenvalue weighted by molar-refractivity contribution is -0.384. The number of benzene rings is 1. The van der Waals surface area contributed by atoms with E-state index in [0.29, 0.717) is 12.1 Å². The van der Waals surface area contributed by atoms with Crippen molar-refractivity contribution in [2.45, 2.75) is 52.2 Å². The van der Waals surface area contributed by atoms with Gasteiger partial charge in [0, 0.05) is 18.2 Å². The first-order valence-corrected chi connectivity index (χ1v) is 7.02. The number of allylic oxidation sites excluding steroid dienone is 1. The molecule has 5 nitrogen and oxygen atoms in total. The van der Waals surface area contributed by atoms with E-state index >= 15 is 0 Å². The summed E-state index contributed by atoms with van der Waals surface area (Å²) in [5.41, 5.74) is 0.895. The molecule has 1 N–H and O–H groups in total. The first-order valence-electron chi connectivity index (χ1n) is 7.02. The highest BCUT2D eigenvalue weighted by Crippen LogP contribution is 2.41. The van der Waals surface area contributed by atoms with Gasteiger partial charge in [0.25, 0.3) is 5.69 Å². The maximum absolute atomic E-state index is 11.5. The molecule has 1 heterocycles. The first kappa shape index (κ1) is 15.5. The zero-order chi connectivity index (χ0) is 16.0. The van der Waals surface area contributed by atoms with Crippen LogP contribution in [0.5, 0.6) is 0 Å². The highest BCUT2D eigenvalue weighted by Gasteiger charge is 2.38. The van der Waals surface area contributed by atoms with Crippen molar-refractivity contribution in [1.82, 2.24) is 0 Å². The van der Waals surface area contributed by atoms with E-state index in [0.717, 1.165) is 11.3 Å². The van der Waals surface area contributed by atoms with Crippen LogP contribution in [0, 0.1) is 10.1 Å². The predicted molar refractivity (Wildman–Crippen MR) is 83.3 cm³/mol. The standard InChI is InChI=1S/C16H22N2O3/c1-11-8-9-16(5,19)17(11)13-7-6-12(15(2,3)4)10-14(13)18(20)21/h6-8,10,19H,9H2,1-5H3. The number of hydrogen-bond acceptors (Lipinski definition) is 4. The lowest BCUT2D eigenvalue weighted by Gasteiger charge is -2.33. The molecule has 0 amide bonds. The van der Waals surface area contributed by atoms with Gasteiger partial charge in [-0.05, 0) is 30.9 Å². The molecule has 0 aliphatic carbocycles. The van der Waals surface area contributed by atoms with E-state index < -0.39 is 5.72 Å². The smallest absolute Gasteiger partial charge is 0.293 e. The number of nitro groups is 1. The van der Waals surface area contributed by atoms with Gasteiger partial charge in [0.05, 0.1) is 4.92 Å². The number of nitrogens with zero attached hydrogens (tertiary/aromatic N) is 2. The average molecular weight is 290 g/mol. The fraction of sp³-hybridized carbons (Fsp3) is 0.500. The number of aliphatic hydroxyl groups is 1. The molecule has 1 unspecified atom stereocenters. The second kappa shape index (κ2) is 4.84. The summed E-state index contributed by atoms with van der Waals surface area (Å²) in [6.07, 6.45) is 2.35. The Kier molecular flexibility index (Phi) is 3.58.